The molecule has 1 aromatic carbocycles. The van der Waals surface area contributed by atoms with Gasteiger partial charge in [0.2, 0.25) is 0 Å². The van der Waals surface area contributed by atoms with E-state index in [-0.39, 0.29) is 6.54 Å². The van der Waals surface area contributed by atoms with E-state index in [0.29, 0.717) is 5.69 Å². The van der Waals surface area contributed by atoms with Crippen LogP contribution in [0.25, 0.3) is 0 Å². The van der Waals surface area contributed by atoms with Gasteiger partial charge in [0.15, 0.2) is 6.10 Å². The zero-order valence-electron chi connectivity index (χ0n) is 11.7. The molecule has 0 fully saturated rings. The Morgan fingerprint density at radius 3 is 2.45 bits per heavy atom. The maximum absolute atomic E-state index is 11.6. The number of hydrogen-bond acceptors (Lipinski definition) is 3. The third-order valence-corrected chi connectivity index (χ3v) is 2.76. The monoisotopic (exact) mass is 280 g/mol. The van der Waals surface area contributed by atoms with E-state index in [0.717, 1.165) is 12.8 Å². The quantitative estimate of drug-likeness (QED) is 0.711. The van der Waals surface area contributed by atoms with E-state index in [4.69, 9.17) is 9.84 Å². The van der Waals surface area contributed by atoms with E-state index >= 15 is 0 Å². The third kappa shape index (κ3) is 5.27. The molecule has 0 aliphatic heterocycles. The minimum Gasteiger partial charge on any atom is -0.479 e. The van der Waals surface area contributed by atoms with Crippen molar-refractivity contribution in [2.24, 2.45) is 0 Å². The van der Waals surface area contributed by atoms with Crippen LogP contribution in [0.15, 0.2) is 24.3 Å². The van der Waals surface area contributed by atoms with Crippen molar-refractivity contribution in [1.82, 2.24) is 5.32 Å². The lowest BCUT2D eigenvalue weighted by Gasteiger charge is -2.12. The number of rotatable bonds is 7. The molecule has 0 aliphatic rings. The van der Waals surface area contributed by atoms with Gasteiger partial charge in [-0.25, -0.2) is 9.59 Å². The van der Waals surface area contributed by atoms with Gasteiger partial charge in [0, 0.05) is 12.8 Å². The molecule has 1 unspecified atom stereocenters. The summed E-state index contributed by atoms with van der Waals surface area (Å²) in [6, 6.07) is 7.07. The highest BCUT2D eigenvalue weighted by molar-refractivity contribution is 5.89. The first-order valence-corrected chi connectivity index (χ1v) is 6.46. The molecule has 20 heavy (non-hydrogen) atoms. The van der Waals surface area contributed by atoms with Crippen molar-refractivity contribution in [3.05, 3.63) is 29.8 Å². The first-order chi connectivity index (χ1) is 9.56. The fraction of sp³-hybridized carbons (Fsp3) is 0.429. The van der Waals surface area contributed by atoms with Gasteiger partial charge in [-0.2, -0.15) is 0 Å². The molecular formula is C14H20N2O4. The summed E-state index contributed by atoms with van der Waals surface area (Å²) in [6.07, 6.45) is 1.02. The molecule has 6 heteroatoms. The topological polar surface area (TPSA) is 87.7 Å². The van der Waals surface area contributed by atoms with Crippen molar-refractivity contribution in [1.29, 1.82) is 0 Å². The van der Waals surface area contributed by atoms with Crippen LogP contribution >= 0.6 is 0 Å². The number of carbonyl (C=O) groups excluding carboxylic acids is 1. The van der Waals surface area contributed by atoms with Crippen molar-refractivity contribution in [2.45, 2.75) is 25.9 Å². The standard InChI is InChI=1S/C14H20N2O4/c1-3-4-10-5-7-11(8-6-10)16-14(19)15-9-12(20-2)13(17)18/h5-8,12H,3-4,9H2,1-2H3,(H,17,18)(H2,15,16,19). The highest BCUT2D eigenvalue weighted by atomic mass is 16.5. The van der Waals surface area contributed by atoms with E-state index < -0.39 is 18.1 Å². The van der Waals surface area contributed by atoms with E-state index in [1.807, 2.05) is 24.3 Å². The van der Waals surface area contributed by atoms with Crippen LogP contribution in [0.5, 0.6) is 0 Å². The van der Waals surface area contributed by atoms with Crippen molar-refractivity contribution in [3.63, 3.8) is 0 Å². The number of carbonyl (C=O) groups is 2. The molecule has 0 bridgehead atoms. The Labute approximate surface area is 118 Å². The van der Waals surface area contributed by atoms with Crippen LogP contribution in [-0.4, -0.2) is 36.9 Å². The molecule has 0 aromatic heterocycles. The molecule has 3 N–H and O–H groups in total. The Morgan fingerprint density at radius 2 is 1.95 bits per heavy atom. The second-order valence-corrected chi connectivity index (χ2v) is 4.34. The predicted molar refractivity (Wildman–Crippen MR) is 75.9 cm³/mol. The van der Waals surface area contributed by atoms with E-state index in [2.05, 4.69) is 17.6 Å². The molecule has 1 rings (SSSR count). The summed E-state index contributed by atoms with van der Waals surface area (Å²) in [5, 5.41) is 13.8. The zero-order chi connectivity index (χ0) is 15.0. The first kappa shape index (κ1) is 16.0. The smallest absolute Gasteiger partial charge is 0.334 e. The molecule has 0 spiro atoms. The normalized spacial score (nSPS) is 11.7. The van der Waals surface area contributed by atoms with Crippen LogP contribution in [0.2, 0.25) is 0 Å². The molecule has 0 heterocycles. The number of carboxylic acid groups (broad SMARTS) is 1. The Hall–Kier alpha value is -2.08. The molecule has 1 aromatic rings. The van der Waals surface area contributed by atoms with Crippen LogP contribution in [0.4, 0.5) is 10.5 Å². The Morgan fingerprint density at radius 1 is 1.30 bits per heavy atom. The SMILES string of the molecule is CCCc1ccc(NC(=O)NCC(OC)C(=O)O)cc1. The summed E-state index contributed by atoms with van der Waals surface area (Å²) in [6.45, 7) is 2.01. The lowest BCUT2D eigenvalue weighted by atomic mass is 10.1. The maximum atomic E-state index is 11.6. The largest absolute Gasteiger partial charge is 0.479 e. The van der Waals surface area contributed by atoms with Crippen molar-refractivity contribution >= 4 is 17.7 Å². The van der Waals surface area contributed by atoms with Crippen LogP contribution in [0.3, 0.4) is 0 Å². The summed E-state index contributed by atoms with van der Waals surface area (Å²) >= 11 is 0. The Bertz CT molecular complexity index is 445. The number of anilines is 1. The summed E-state index contributed by atoms with van der Waals surface area (Å²) in [5.41, 5.74) is 1.87. The van der Waals surface area contributed by atoms with Gasteiger partial charge in [-0.3, -0.25) is 0 Å². The van der Waals surface area contributed by atoms with Gasteiger partial charge in [0.1, 0.15) is 0 Å². The van der Waals surface area contributed by atoms with E-state index in [9.17, 15) is 9.59 Å². The molecule has 2 amide bonds. The van der Waals surface area contributed by atoms with Gasteiger partial charge in [0.25, 0.3) is 0 Å². The highest BCUT2D eigenvalue weighted by Gasteiger charge is 2.16. The first-order valence-electron chi connectivity index (χ1n) is 6.46. The molecule has 6 nitrogen and oxygen atoms in total. The minimum atomic E-state index is -1.11. The maximum Gasteiger partial charge on any atom is 0.334 e. The van der Waals surface area contributed by atoms with E-state index in [1.54, 1.807) is 0 Å². The lowest BCUT2D eigenvalue weighted by molar-refractivity contribution is -0.147. The number of urea groups is 1. The van der Waals surface area contributed by atoms with Gasteiger partial charge in [-0.05, 0) is 24.1 Å². The van der Waals surface area contributed by atoms with Crippen molar-refractivity contribution < 1.29 is 19.4 Å². The number of hydrogen-bond donors (Lipinski definition) is 3. The van der Waals surface area contributed by atoms with Gasteiger partial charge >= 0.3 is 12.0 Å². The number of ether oxygens (including phenoxy) is 1. The second-order valence-electron chi connectivity index (χ2n) is 4.34. The van der Waals surface area contributed by atoms with Crippen LogP contribution in [0, 0.1) is 0 Å². The molecule has 110 valence electrons. The number of methoxy groups -OCH3 is 1. The minimum absolute atomic E-state index is 0.0917. The highest BCUT2D eigenvalue weighted by Crippen LogP contribution is 2.10. The molecular weight excluding hydrogens is 260 g/mol. The number of aryl methyl sites for hydroxylation is 1. The zero-order valence-corrected chi connectivity index (χ0v) is 11.7. The summed E-state index contributed by atoms with van der Waals surface area (Å²) in [4.78, 5) is 22.3. The molecule has 0 aliphatic carbocycles. The van der Waals surface area contributed by atoms with Crippen LogP contribution in [-0.2, 0) is 16.0 Å². The molecule has 0 saturated heterocycles. The Balaban J connectivity index is 2.43. The van der Waals surface area contributed by atoms with Gasteiger partial charge < -0.3 is 20.5 Å². The summed E-state index contributed by atoms with van der Waals surface area (Å²) in [5.74, 6) is -1.11. The van der Waals surface area contributed by atoms with Gasteiger partial charge in [-0.15, -0.1) is 0 Å². The number of amides is 2. The molecule has 0 radical (unpaired) electrons. The van der Waals surface area contributed by atoms with E-state index in [1.165, 1.54) is 12.7 Å². The number of benzene rings is 1. The van der Waals surface area contributed by atoms with Gasteiger partial charge in [-0.1, -0.05) is 25.5 Å². The van der Waals surface area contributed by atoms with Crippen molar-refractivity contribution in [3.8, 4) is 0 Å². The van der Waals surface area contributed by atoms with Crippen LogP contribution < -0.4 is 10.6 Å². The number of carboxylic acids is 1. The lowest BCUT2D eigenvalue weighted by Crippen LogP contribution is -2.39. The van der Waals surface area contributed by atoms with Crippen LogP contribution in [0.1, 0.15) is 18.9 Å². The average molecular weight is 280 g/mol. The summed E-state index contributed by atoms with van der Waals surface area (Å²) in [7, 11) is 1.28. The second kappa shape index (κ2) is 8.16. The summed E-state index contributed by atoms with van der Waals surface area (Å²) < 4.78 is 4.71. The predicted octanol–water partition coefficient (Wildman–Crippen LogP) is 1.86. The van der Waals surface area contributed by atoms with Gasteiger partial charge in [0.05, 0.1) is 6.54 Å². The van der Waals surface area contributed by atoms with Crippen molar-refractivity contribution in [2.75, 3.05) is 19.0 Å². The number of aliphatic carboxylic acids is 1. The third-order valence-electron chi connectivity index (χ3n) is 2.76. The fourth-order valence-electron chi connectivity index (χ4n) is 1.68. The molecule has 0 saturated carbocycles. The average Bonchev–Trinajstić information content (AvgIpc) is 2.41. The number of nitrogens with one attached hydrogen (secondary N) is 2. The molecule has 1 atom stereocenters. The Kier molecular flexibility index (Phi) is 6.52. The fourth-order valence-corrected chi connectivity index (χ4v) is 1.68.